The number of benzene rings is 1. The normalized spacial score (nSPS) is 11.0. The first kappa shape index (κ1) is 16.9. The van der Waals surface area contributed by atoms with E-state index >= 15 is 0 Å². The molecule has 0 aliphatic carbocycles. The van der Waals surface area contributed by atoms with Gasteiger partial charge in [-0.05, 0) is 18.2 Å². The number of nitrogen functional groups attached to an aromatic ring is 1. The Morgan fingerprint density at radius 1 is 1.38 bits per heavy atom. The topological polar surface area (TPSA) is 116 Å². The first-order valence-corrected chi connectivity index (χ1v) is 7.68. The highest BCUT2D eigenvalue weighted by Crippen LogP contribution is 2.16. The lowest BCUT2D eigenvalue weighted by atomic mass is 10.2. The molecule has 0 fully saturated rings. The third kappa shape index (κ3) is 5.78. The number of nitrogens with two attached hydrogens (primary N) is 1. The predicted molar refractivity (Wildman–Crippen MR) is 74.7 cm³/mol. The van der Waals surface area contributed by atoms with Gasteiger partial charge in [-0.2, -0.15) is 0 Å². The molecule has 0 bridgehead atoms. The molecule has 0 heterocycles. The molecule has 1 amide bonds. The van der Waals surface area contributed by atoms with Crippen LogP contribution in [-0.2, 0) is 24.2 Å². The molecule has 7 nitrogen and oxygen atoms in total. The van der Waals surface area contributed by atoms with E-state index in [9.17, 15) is 22.4 Å². The highest BCUT2D eigenvalue weighted by atomic mass is 32.2. The van der Waals surface area contributed by atoms with E-state index in [0.29, 0.717) is 0 Å². The van der Waals surface area contributed by atoms with Gasteiger partial charge in [0.25, 0.3) is 0 Å². The summed E-state index contributed by atoms with van der Waals surface area (Å²) in [4.78, 5) is 22.5. The lowest BCUT2D eigenvalue weighted by Crippen LogP contribution is -2.23. The summed E-state index contributed by atoms with van der Waals surface area (Å²) in [6, 6.07) is 3.60. The molecule has 0 radical (unpaired) electrons. The minimum Gasteiger partial charge on any atom is -0.468 e. The number of anilines is 2. The van der Waals surface area contributed by atoms with Crippen molar-refractivity contribution in [2.45, 2.75) is 6.42 Å². The van der Waals surface area contributed by atoms with E-state index in [1.165, 1.54) is 12.1 Å². The molecular weight excluding hydrogens is 303 g/mol. The molecule has 0 saturated heterocycles. The van der Waals surface area contributed by atoms with Crippen LogP contribution in [0.3, 0.4) is 0 Å². The second-order valence-corrected chi connectivity index (χ2v) is 6.39. The van der Waals surface area contributed by atoms with Crippen molar-refractivity contribution in [2.24, 2.45) is 0 Å². The predicted octanol–water partition coefficient (Wildman–Crippen LogP) is 0.324. The van der Waals surface area contributed by atoms with E-state index in [0.717, 1.165) is 13.2 Å². The standard InChI is InChI=1S/C12H15FN2O5S/c1-20-12(17)7-21(18,19)5-4-11(16)15-8-2-3-9(13)10(14)6-8/h2-3,6H,4-5,7,14H2,1H3,(H,15,16). The molecule has 21 heavy (non-hydrogen) atoms. The van der Waals surface area contributed by atoms with Crippen LogP contribution >= 0.6 is 0 Å². The Hall–Kier alpha value is -2.16. The lowest BCUT2D eigenvalue weighted by Gasteiger charge is -2.07. The maximum Gasteiger partial charge on any atom is 0.320 e. The van der Waals surface area contributed by atoms with E-state index in [4.69, 9.17) is 5.73 Å². The minimum atomic E-state index is -3.72. The third-order valence-electron chi connectivity index (χ3n) is 2.49. The van der Waals surface area contributed by atoms with E-state index in [2.05, 4.69) is 10.1 Å². The van der Waals surface area contributed by atoms with Gasteiger partial charge in [-0.15, -0.1) is 0 Å². The number of methoxy groups -OCH3 is 1. The third-order valence-corrected chi connectivity index (χ3v) is 3.99. The SMILES string of the molecule is COC(=O)CS(=O)(=O)CCC(=O)Nc1ccc(F)c(N)c1. The zero-order valence-electron chi connectivity index (χ0n) is 11.3. The summed E-state index contributed by atoms with van der Waals surface area (Å²) in [6.45, 7) is 0. The second-order valence-electron chi connectivity index (χ2n) is 4.20. The molecule has 0 saturated carbocycles. The molecule has 9 heteroatoms. The van der Waals surface area contributed by atoms with Crippen LogP contribution in [0, 0.1) is 5.82 Å². The van der Waals surface area contributed by atoms with Crippen LogP contribution < -0.4 is 11.1 Å². The highest BCUT2D eigenvalue weighted by Gasteiger charge is 2.18. The molecule has 116 valence electrons. The summed E-state index contributed by atoms with van der Waals surface area (Å²) in [6.07, 6.45) is -0.337. The Morgan fingerprint density at radius 3 is 2.62 bits per heavy atom. The summed E-state index contributed by atoms with van der Waals surface area (Å²) in [5.74, 6) is -3.37. The van der Waals surface area contributed by atoms with Crippen LogP contribution in [0.25, 0.3) is 0 Å². The van der Waals surface area contributed by atoms with Gasteiger partial charge in [-0.3, -0.25) is 9.59 Å². The maximum absolute atomic E-state index is 12.9. The molecule has 1 aromatic rings. The van der Waals surface area contributed by atoms with E-state index in [1.54, 1.807) is 0 Å². The minimum absolute atomic E-state index is 0.133. The number of nitrogens with one attached hydrogen (secondary N) is 1. The number of ether oxygens (including phenoxy) is 1. The van der Waals surface area contributed by atoms with Crippen LogP contribution in [0.4, 0.5) is 15.8 Å². The number of sulfone groups is 1. The van der Waals surface area contributed by atoms with Crippen molar-refractivity contribution >= 4 is 33.1 Å². The van der Waals surface area contributed by atoms with Gasteiger partial charge in [0.05, 0.1) is 18.6 Å². The Kier molecular flexibility index (Phi) is 5.65. The van der Waals surface area contributed by atoms with Crippen LogP contribution in [0.2, 0.25) is 0 Å². The quantitative estimate of drug-likeness (QED) is 0.576. The molecule has 1 rings (SSSR count). The Labute approximate surface area is 121 Å². The fourth-order valence-electron chi connectivity index (χ4n) is 1.40. The lowest BCUT2D eigenvalue weighted by molar-refractivity contribution is -0.137. The summed E-state index contributed by atoms with van der Waals surface area (Å²) in [7, 11) is -2.64. The van der Waals surface area contributed by atoms with E-state index in [-0.39, 0.29) is 17.8 Å². The summed E-state index contributed by atoms with van der Waals surface area (Å²) >= 11 is 0. The molecule has 0 aliphatic heterocycles. The molecule has 0 atom stereocenters. The highest BCUT2D eigenvalue weighted by molar-refractivity contribution is 7.92. The second kappa shape index (κ2) is 7.02. The summed E-state index contributed by atoms with van der Waals surface area (Å²) in [5, 5.41) is 2.38. The molecule has 0 aromatic heterocycles. The van der Waals surface area contributed by atoms with Crippen molar-refractivity contribution in [1.29, 1.82) is 0 Å². The Bertz CT molecular complexity index is 645. The fourth-order valence-corrected chi connectivity index (χ4v) is 2.52. The molecule has 0 unspecified atom stereocenters. The van der Waals surface area contributed by atoms with Gasteiger partial charge < -0.3 is 15.8 Å². The fraction of sp³-hybridized carbons (Fsp3) is 0.333. The van der Waals surface area contributed by atoms with E-state index < -0.39 is 39.0 Å². The van der Waals surface area contributed by atoms with Crippen molar-refractivity contribution in [3.8, 4) is 0 Å². The largest absolute Gasteiger partial charge is 0.468 e. The van der Waals surface area contributed by atoms with Gasteiger partial charge in [-0.1, -0.05) is 0 Å². The van der Waals surface area contributed by atoms with Gasteiger partial charge >= 0.3 is 5.97 Å². The van der Waals surface area contributed by atoms with Crippen LogP contribution in [-0.4, -0.2) is 38.9 Å². The number of carbonyl (C=O) groups is 2. The number of amides is 1. The van der Waals surface area contributed by atoms with Crippen LogP contribution in [0.5, 0.6) is 0 Å². The monoisotopic (exact) mass is 318 g/mol. The zero-order valence-corrected chi connectivity index (χ0v) is 12.1. The molecule has 0 spiro atoms. The molecule has 3 N–H and O–H groups in total. The average Bonchev–Trinajstić information content (AvgIpc) is 2.40. The van der Waals surface area contributed by atoms with Gasteiger partial charge in [0, 0.05) is 12.1 Å². The number of esters is 1. The molecule has 1 aromatic carbocycles. The summed E-state index contributed by atoms with van der Waals surface area (Å²) < 4.78 is 40.2. The van der Waals surface area contributed by atoms with Crippen molar-refractivity contribution in [1.82, 2.24) is 0 Å². The summed E-state index contributed by atoms with van der Waals surface area (Å²) in [5.41, 5.74) is 5.46. The van der Waals surface area contributed by atoms with Gasteiger partial charge in [-0.25, -0.2) is 12.8 Å². The number of carbonyl (C=O) groups excluding carboxylic acids is 2. The first-order chi connectivity index (χ1) is 9.73. The number of halogens is 1. The molecule has 0 aliphatic rings. The van der Waals surface area contributed by atoms with Gasteiger partial charge in [0.15, 0.2) is 9.84 Å². The maximum atomic E-state index is 12.9. The van der Waals surface area contributed by atoms with Gasteiger partial charge in [0.2, 0.25) is 5.91 Å². The van der Waals surface area contributed by atoms with Crippen LogP contribution in [0.1, 0.15) is 6.42 Å². The zero-order chi connectivity index (χ0) is 16.0. The van der Waals surface area contributed by atoms with E-state index in [1.807, 2.05) is 0 Å². The number of hydrogen-bond donors (Lipinski definition) is 2. The van der Waals surface area contributed by atoms with Crippen LogP contribution in [0.15, 0.2) is 18.2 Å². The Morgan fingerprint density at radius 2 is 2.05 bits per heavy atom. The van der Waals surface area contributed by atoms with Gasteiger partial charge in [0.1, 0.15) is 11.6 Å². The molecular formula is C12H15FN2O5S. The smallest absolute Gasteiger partial charge is 0.320 e. The average molecular weight is 318 g/mol. The Balaban J connectivity index is 2.54. The van der Waals surface area contributed by atoms with Crippen molar-refractivity contribution in [3.63, 3.8) is 0 Å². The number of hydrogen-bond acceptors (Lipinski definition) is 6. The van der Waals surface area contributed by atoms with Crippen molar-refractivity contribution in [2.75, 3.05) is 29.7 Å². The van der Waals surface area contributed by atoms with Crippen molar-refractivity contribution < 1.29 is 27.1 Å². The van der Waals surface area contributed by atoms with Crippen molar-refractivity contribution in [3.05, 3.63) is 24.0 Å². The number of rotatable bonds is 6. The first-order valence-electron chi connectivity index (χ1n) is 5.85.